The Morgan fingerprint density at radius 2 is 1.10 bits per heavy atom. The first-order chi connectivity index (χ1) is 14.9. The topological polar surface area (TPSA) is 0 Å². The Morgan fingerprint density at radius 1 is 0.645 bits per heavy atom. The lowest BCUT2D eigenvalue weighted by Crippen LogP contribution is -2.74. The summed E-state index contributed by atoms with van der Waals surface area (Å²) in [6, 6.07) is 22.9. The molecule has 0 nitrogen and oxygen atoms in total. The van der Waals surface area contributed by atoms with Crippen LogP contribution in [0.5, 0.6) is 0 Å². The Morgan fingerprint density at radius 3 is 1.58 bits per heavy atom. The van der Waals surface area contributed by atoms with Gasteiger partial charge in [-0.05, 0) is 52.7 Å². The molecule has 152 valence electrons. The zero-order valence-electron chi connectivity index (χ0n) is 18.7. The third-order valence-electron chi connectivity index (χ3n) is 7.01. The molecule has 1 aliphatic heterocycles. The summed E-state index contributed by atoms with van der Waals surface area (Å²) in [4.78, 5) is 0. The van der Waals surface area contributed by atoms with E-state index < -0.39 is 8.07 Å². The molecule has 0 aliphatic carbocycles. The van der Waals surface area contributed by atoms with Gasteiger partial charge in [-0.2, -0.15) is 0 Å². The van der Waals surface area contributed by atoms with E-state index in [1.54, 1.807) is 19.9 Å². The summed E-state index contributed by atoms with van der Waals surface area (Å²) in [5, 5.41) is 2.93. The van der Waals surface area contributed by atoms with Gasteiger partial charge in [0.1, 0.15) is 8.07 Å². The molecule has 4 heteroatoms. The van der Waals surface area contributed by atoms with Crippen LogP contribution in [0.15, 0.2) is 60.7 Å². The van der Waals surface area contributed by atoms with Gasteiger partial charge < -0.3 is 0 Å². The molecule has 2 aromatic heterocycles. The predicted octanol–water partition coefficient (Wildman–Crippen LogP) is 4.69. The molecule has 6 rings (SSSR count). The summed E-state index contributed by atoms with van der Waals surface area (Å²) in [7, 11) is -1.78. The molecule has 0 radical (unpaired) electrons. The molecule has 0 fully saturated rings. The lowest BCUT2D eigenvalue weighted by atomic mass is 9.35. The van der Waals surface area contributed by atoms with Gasteiger partial charge in [0, 0.05) is 9.40 Å². The monoisotopic (exact) mass is 452 g/mol. The van der Waals surface area contributed by atoms with E-state index in [2.05, 4.69) is 117 Å². The van der Waals surface area contributed by atoms with Crippen LogP contribution in [0.3, 0.4) is 0 Å². The Bertz CT molecular complexity index is 1400. The number of aryl methyl sites for hydroxylation is 3. The smallest absolute Gasteiger partial charge is 0.145 e. The molecule has 0 saturated carbocycles. The van der Waals surface area contributed by atoms with Crippen molar-refractivity contribution in [3.05, 3.63) is 77.4 Å². The molecular formula is C27H25BS2Si. The standard InChI is InChI=1S/C27H25BS2Si/c1-16-14-17(2)23(18(3)15-16)28-24-19-10-6-8-12-21(19)29-26(24)31(4,5)27-25(28)20-11-7-9-13-22(20)30-27/h6-15H,1-5H3. The van der Waals surface area contributed by atoms with E-state index in [0.717, 1.165) is 0 Å². The van der Waals surface area contributed by atoms with Gasteiger partial charge in [0.2, 0.25) is 6.71 Å². The van der Waals surface area contributed by atoms with Gasteiger partial charge in [0.25, 0.3) is 0 Å². The summed E-state index contributed by atoms with van der Waals surface area (Å²) in [6.07, 6.45) is 0. The zero-order valence-corrected chi connectivity index (χ0v) is 21.3. The molecule has 3 aromatic carbocycles. The summed E-state index contributed by atoms with van der Waals surface area (Å²) in [6.45, 7) is 12.3. The lowest BCUT2D eigenvalue weighted by Gasteiger charge is -2.34. The number of thiophene rings is 2. The first-order valence-corrected chi connectivity index (χ1v) is 15.6. The van der Waals surface area contributed by atoms with Crippen LogP contribution in [0.4, 0.5) is 0 Å². The third kappa shape index (κ3) is 2.65. The lowest BCUT2D eigenvalue weighted by molar-refractivity contribution is 1.35. The van der Waals surface area contributed by atoms with Gasteiger partial charge in [0.05, 0.1) is 0 Å². The summed E-state index contributed by atoms with van der Waals surface area (Å²) in [5.74, 6) is 0. The maximum absolute atomic E-state index is 2.57. The summed E-state index contributed by atoms with van der Waals surface area (Å²) >= 11 is 4.12. The van der Waals surface area contributed by atoms with Crippen molar-refractivity contribution < 1.29 is 0 Å². The van der Waals surface area contributed by atoms with Crippen molar-refractivity contribution in [3.8, 4) is 0 Å². The fourth-order valence-electron chi connectivity index (χ4n) is 5.82. The Balaban J connectivity index is 1.82. The number of benzene rings is 3. The fraction of sp³-hybridized carbons (Fsp3) is 0.185. The molecule has 0 bridgehead atoms. The minimum Gasteiger partial charge on any atom is -0.145 e. The first-order valence-electron chi connectivity index (χ1n) is 11.0. The van der Waals surface area contributed by atoms with Crippen LogP contribution in [0.25, 0.3) is 20.2 Å². The molecular weight excluding hydrogens is 427 g/mol. The van der Waals surface area contributed by atoms with Crippen LogP contribution in [-0.2, 0) is 0 Å². The molecule has 5 aromatic rings. The van der Waals surface area contributed by atoms with E-state index in [4.69, 9.17) is 0 Å². The van der Waals surface area contributed by atoms with Crippen molar-refractivity contribution in [2.24, 2.45) is 0 Å². The van der Waals surface area contributed by atoms with Crippen LogP contribution >= 0.6 is 22.7 Å². The average Bonchev–Trinajstić information content (AvgIpc) is 3.30. The van der Waals surface area contributed by atoms with Crippen molar-refractivity contribution in [3.63, 3.8) is 0 Å². The average molecular weight is 453 g/mol. The number of rotatable bonds is 1. The highest BCUT2D eigenvalue weighted by atomic mass is 32.1. The third-order valence-corrected chi connectivity index (χ3v) is 15.5. The highest BCUT2D eigenvalue weighted by molar-refractivity contribution is 7.45. The molecule has 3 heterocycles. The van der Waals surface area contributed by atoms with E-state index in [9.17, 15) is 0 Å². The van der Waals surface area contributed by atoms with Crippen LogP contribution in [0, 0.1) is 20.8 Å². The van der Waals surface area contributed by atoms with Crippen LogP contribution < -0.4 is 25.4 Å². The van der Waals surface area contributed by atoms with E-state index in [1.807, 2.05) is 0 Å². The van der Waals surface area contributed by atoms with E-state index in [-0.39, 0.29) is 0 Å². The first kappa shape index (κ1) is 19.5. The highest BCUT2D eigenvalue weighted by Gasteiger charge is 2.46. The molecule has 0 N–H and O–H groups in total. The Hall–Kier alpha value is -2.14. The number of hydrogen-bond donors (Lipinski definition) is 0. The number of fused-ring (bicyclic) bond motifs is 6. The minimum absolute atomic E-state index is 0.318. The van der Waals surface area contributed by atoms with Gasteiger partial charge in [-0.15, -0.1) is 22.7 Å². The van der Waals surface area contributed by atoms with Gasteiger partial charge >= 0.3 is 0 Å². The van der Waals surface area contributed by atoms with Crippen LogP contribution in [0.2, 0.25) is 13.1 Å². The Kier molecular flexibility index (Phi) is 4.21. The maximum Gasteiger partial charge on any atom is 0.245 e. The molecule has 0 saturated heterocycles. The normalized spacial score (nSPS) is 14.8. The maximum atomic E-state index is 2.57. The van der Waals surface area contributed by atoms with Crippen molar-refractivity contribution in [1.82, 2.24) is 0 Å². The van der Waals surface area contributed by atoms with Gasteiger partial charge in [-0.1, -0.05) is 94.7 Å². The molecule has 0 atom stereocenters. The predicted molar refractivity (Wildman–Crippen MR) is 146 cm³/mol. The largest absolute Gasteiger partial charge is 0.245 e. The second-order valence-electron chi connectivity index (χ2n) is 9.55. The van der Waals surface area contributed by atoms with Crippen molar-refractivity contribution >= 4 is 83.0 Å². The summed E-state index contributed by atoms with van der Waals surface area (Å²) < 4.78 is 6.24. The molecule has 0 spiro atoms. The second-order valence-corrected chi connectivity index (χ2v) is 16.6. The van der Waals surface area contributed by atoms with Crippen molar-refractivity contribution in [2.45, 2.75) is 33.9 Å². The minimum atomic E-state index is -1.78. The number of hydrogen-bond acceptors (Lipinski definition) is 2. The van der Waals surface area contributed by atoms with Gasteiger partial charge in [-0.3, -0.25) is 0 Å². The molecule has 0 unspecified atom stereocenters. The fourth-order valence-corrected chi connectivity index (χ4v) is 13.4. The quantitative estimate of drug-likeness (QED) is 0.324. The van der Waals surface area contributed by atoms with E-state index in [1.165, 1.54) is 42.3 Å². The van der Waals surface area contributed by atoms with Gasteiger partial charge in [0.15, 0.2) is 0 Å². The molecule has 1 aliphatic rings. The zero-order chi connectivity index (χ0) is 21.5. The SMILES string of the molecule is Cc1cc(C)c(B2c3c(sc4ccccc34)[Si](C)(C)c3sc4ccccc4c32)c(C)c1. The van der Waals surface area contributed by atoms with Gasteiger partial charge in [-0.25, -0.2) is 0 Å². The van der Waals surface area contributed by atoms with Crippen molar-refractivity contribution in [1.29, 1.82) is 0 Å². The van der Waals surface area contributed by atoms with Crippen LogP contribution in [-0.4, -0.2) is 14.8 Å². The van der Waals surface area contributed by atoms with Crippen LogP contribution in [0.1, 0.15) is 16.7 Å². The van der Waals surface area contributed by atoms with E-state index in [0.29, 0.717) is 6.71 Å². The van der Waals surface area contributed by atoms with Crippen molar-refractivity contribution in [2.75, 3.05) is 0 Å². The van der Waals surface area contributed by atoms with E-state index >= 15 is 0 Å². The second kappa shape index (κ2) is 6.68. The highest BCUT2D eigenvalue weighted by Crippen LogP contribution is 2.29. The molecule has 31 heavy (non-hydrogen) atoms. The molecule has 0 amide bonds. The Labute approximate surface area is 193 Å². The summed E-state index contributed by atoms with van der Waals surface area (Å²) in [5.41, 5.74) is 8.92.